The molecule has 1 unspecified atom stereocenters. The highest BCUT2D eigenvalue weighted by Gasteiger charge is 2.19. The SMILES string of the molecule is CC/C=C\C/C=C\C/C=C\C/C=C\C/C=C\C/C=C\C/C=C\CCCC(=O)OCC(COC(=O)CCCCCCCCCCCC)OC(=O)CCCCCCCCCCC/C=C\C/C=C\CCCCCCC. The Morgan fingerprint density at radius 3 is 0.903 bits per heavy atom. The van der Waals surface area contributed by atoms with Gasteiger partial charge in [-0.25, -0.2) is 0 Å². The van der Waals surface area contributed by atoms with Gasteiger partial charge in [-0.15, -0.1) is 0 Å². The fourth-order valence-corrected chi connectivity index (χ4v) is 8.05. The summed E-state index contributed by atoms with van der Waals surface area (Å²) < 4.78 is 16.8. The molecule has 6 heteroatoms. The molecule has 0 aliphatic carbocycles. The topological polar surface area (TPSA) is 78.9 Å². The van der Waals surface area contributed by atoms with Crippen LogP contribution in [0.2, 0.25) is 0 Å². The Bertz CT molecular complexity index is 1470. The van der Waals surface area contributed by atoms with Crippen LogP contribution < -0.4 is 0 Å². The molecule has 0 saturated carbocycles. The lowest BCUT2D eigenvalue weighted by atomic mass is 10.1. The van der Waals surface area contributed by atoms with Crippen molar-refractivity contribution in [3.8, 4) is 0 Å². The number of ether oxygens (including phenoxy) is 3. The van der Waals surface area contributed by atoms with E-state index in [4.69, 9.17) is 14.2 Å². The van der Waals surface area contributed by atoms with Crippen LogP contribution in [0.15, 0.2) is 109 Å². The molecule has 6 nitrogen and oxygen atoms in total. The van der Waals surface area contributed by atoms with E-state index >= 15 is 0 Å². The molecule has 0 N–H and O–H groups in total. The molecule has 0 heterocycles. The van der Waals surface area contributed by atoms with Crippen LogP contribution in [-0.2, 0) is 28.6 Å². The lowest BCUT2D eigenvalue weighted by Crippen LogP contribution is -2.30. The van der Waals surface area contributed by atoms with Crippen LogP contribution >= 0.6 is 0 Å². The lowest BCUT2D eigenvalue weighted by Gasteiger charge is -2.18. The molecule has 0 spiro atoms. The van der Waals surface area contributed by atoms with Gasteiger partial charge in [-0.1, -0.05) is 259 Å². The summed E-state index contributed by atoms with van der Waals surface area (Å²) >= 11 is 0. The second-order valence-electron chi connectivity index (χ2n) is 19.5. The van der Waals surface area contributed by atoms with Gasteiger partial charge in [-0.3, -0.25) is 14.4 Å². The standard InChI is InChI=1S/C66H110O6/c1-4-7-10-13-16-19-22-24-26-28-30-32-33-35-36-38-40-42-44-47-50-53-56-59-65(68)71-62-63(61-70-64(67)58-55-52-49-46-21-18-15-12-9-6-3)72-66(69)60-57-54-51-48-45-43-41-39-37-34-31-29-27-25-23-20-17-14-11-8-5-2/h7,10,16,19,23-26,29-32,35-36,40,42,47,50,63H,4-6,8-9,11-15,17-18,20-22,27-28,33-34,37-39,41,43-46,48-49,51-62H2,1-3H3/b10-7-,19-16-,25-23-,26-24-,31-29-,32-30-,36-35-,42-40-,50-47-. The number of carbonyl (C=O) groups excluding carboxylic acids is 3. The molecule has 0 fully saturated rings. The van der Waals surface area contributed by atoms with Gasteiger partial charge >= 0.3 is 17.9 Å². The summed E-state index contributed by atoms with van der Waals surface area (Å²) in [5.74, 6) is -0.963. The summed E-state index contributed by atoms with van der Waals surface area (Å²) in [6.07, 6.45) is 80.9. The van der Waals surface area contributed by atoms with Crippen molar-refractivity contribution in [1.29, 1.82) is 0 Å². The molecule has 0 aromatic carbocycles. The van der Waals surface area contributed by atoms with E-state index in [1.54, 1.807) is 0 Å². The van der Waals surface area contributed by atoms with E-state index in [-0.39, 0.29) is 37.5 Å². The van der Waals surface area contributed by atoms with E-state index in [2.05, 4.69) is 130 Å². The summed E-state index contributed by atoms with van der Waals surface area (Å²) in [6.45, 7) is 6.46. The van der Waals surface area contributed by atoms with Gasteiger partial charge in [-0.2, -0.15) is 0 Å². The number of carbonyl (C=O) groups is 3. The van der Waals surface area contributed by atoms with Gasteiger partial charge in [0.1, 0.15) is 13.2 Å². The van der Waals surface area contributed by atoms with E-state index in [0.29, 0.717) is 19.3 Å². The van der Waals surface area contributed by atoms with Gasteiger partial charge in [0.25, 0.3) is 0 Å². The third-order valence-electron chi connectivity index (χ3n) is 12.5. The van der Waals surface area contributed by atoms with Crippen LogP contribution in [0.3, 0.4) is 0 Å². The molecule has 0 bridgehead atoms. The van der Waals surface area contributed by atoms with Crippen molar-refractivity contribution in [3.05, 3.63) is 109 Å². The monoisotopic (exact) mass is 999 g/mol. The largest absolute Gasteiger partial charge is 0.462 e. The highest BCUT2D eigenvalue weighted by molar-refractivity contribution is 5.71. The van der Waals surface area contributed by atoms with Crippen molar-refractivity contribution in [2.24, 2.45) is 0 Å². The highest BCUT2D eigenvalue weighted by Crippen LogP contribution is 2.15. The number of unbranched alkanes of at least 4 members (excludes halogenated alkanes) is 24. The van der Waals surface area contributed by atoms with E-state index in [9.17, 15) is 14.4 Å². The van der Waals surface area contributed by atoms with Gasteiger partial charge in [-0.05, 0) is 103 Å². The predicted octanol–water partition coefficient (Wildman–Crippen LogP) is 20.3. The molecule has 410 valence electrons. The fourth-order valence-electron chi connectivity index (χ4n) is 8.05. The Hall–Kier alpha value is -3.93. The summed E-state index contributed by atoms with van der Waals surface area (Å²) in [7, 11) is 0. The second kappa shape index (κ2) is 59.6. The average molecular weight is 1000 g/mol. The molecule has 0 amide bonds. The minimum atomic E-state index is -0.804. The first-order valence-corrected chi connectivity index (χ1v) is 29.9. The molecule has 0 aliphatic heterocycles. The molecule has 1 atom stereocenters. The Balaban J connectivity index is 4.41. The van der Waals surface area contributed by atoms with Crippen LogP contribution in [0.25, 0.3) is 0 Å². The van der Waals surface area contributed by atoms with Crippen molar-refractivity contribution in [1.82, 2.24) is 0 Å². The van der Waals surface area contributed by atoms with Crippen LogP contribution in [0.4, 0.5) is 0 Å². The summed E-state index contributed by atoms with van der Waals surface area (Å²) in [4.78, 5) is 38.1. The number of hydrogen-bond donors (Lipinski definition) is 0. The average Bonchev–Trinajstić information content (AvgIpc) is 3.38. The van der Waals surface area contributed by atoms with Crippen molar-refractivity contribution in [2.75, 3.05) is 13.2 Å². The van der Waals surface area contributed by atoms with Crippen LogP contribution in [0, 0.1) is 0 Å². The third-order valence-corrected chi connectivity index (χ3v) is 12.5. The van der Waals surface area contributed by atoms with Gasteiger partial charge in [0.2, 0.25) is 0 Å². The summed E-state index contributed by atoms with van der Waals surface area (Å²) in [5, 5.41) is 0. The van der Waals surface area contributed by atoms with E-state index in [0.717, 1.165) is 96.3 Å². The lowest BCUT2D eigenvalue weighted by molar-refractivity contribution is -0.167. The number of hydrogen-bond acceptors (Lipinski definition) is 6. The molecular weight excluding hydrogens is 889 g/mol. The maximum atomic E-state index is 12.9. The summed E-state index contributed by atoms with van der Waals surface area (Å²) in [5.41, 5.74) is 0. The first kappa shape index (κ1) is 68.1. The van der Waals surface area contributed by atoms with Crippen LogP contribution in [-0.4, -0.2) is 37.2 Å². The molecule has 0 aromatic rings. The molecule has 0 rings (SSSR count). The molecule has 0 aliphatic rings. The fraction of sp³-hybridized carbons (Fsp3) is 0.682. The van der Waals surface area contributed by atoms with Crippen molar-refractivity contribution in [2.45, 2.75) is 277 Å². The Morgan fingerprint density at radius 1 is 0.292 bits per heavy atom. The zero-order valence-electron chi connectivity index (χ0n) is 46.9. The number of esters is 3. The van der Waals surface area contributed by atoms with E-state index in [1.807, 2.05) is 0 Å². The predicted molar refractivity (Wildman–Crippen MR) is 311 cm³/mol. The van der Waals surface area contributed by atoms with Gasteiger partial charge in [0, 0.05) is 19.3 Å². The molecular formula is C66H110O6. The third kappa shape index (κ3) is 57.0. The first-order chi connectivity index (χ1) is 35.5. The Morgan fingerprint density at radius 2 is 0.556 bits per heavy atom. The molecule has 0 radical (unpaired) electrons. The zero-order valence-corrected chi connectivity index (χ0v) is 46.9. The maximum absolute atomic E-state index is 12.9. The van der Waals surface area contributed by atoms with Crippen LogP contribution in [0.5, 0.6) is 0 Å². The normalized spacial score (nSPS) is 12.9. The molecule has 72 heavy (non-hydrogen) atoms. The van der Waals surface area contributed by atoms with Gasteiger partial charge in [0.15, 0.2) is 6.10 Å². The minimum Gasteiger partial charge on any atom is -0.462 e. The van der Waals surface area contributed by atoms with Gasteiger partial charge in [0.05, 0.1) is 0 Å². The maximum Gasteiger partial charge on any atom is 0.306 e. The molecule has 0 saturated heterocycles. The highest BCUT2D eigenvalue weighted by atomic mass is 16.6. The first-order valence-electron chi connectivity index (χ1n) is 29.9. The van der Waals surface area contributed by atoms with E-state index in [1.165, 1.54) is 128 Å². The minimum absolute atomic E-state index is 0.0973. The number of allylic oxidation sites excluding steroid dienone is 18. The zero-order chi connectivity index (χ0) is 52.2. The number of rotatable bonds is 53. The van der Waals surface area contributed by atoms with Crippen molar-refractivity contribution >= 4 is 17.9 Å². The van der Waals surface area contributed by atoms with Crippen LogP contribution in [0.1, 0.15) is 271 Å². The second-order valence-corrected chi connectivity index (χ2v) is 19.5. The van der Waals surface area contributed by atoms with Gasteiger partial charge < -0.3 is 14.2 Å². The van der Waals surface area contributed by atoms with E-state index < -0.39 is 6.10 Å². The Labute approximate surface area is 444 Å². The molecule has 0 aromatic heterocycles. The Kier molecular flexibility index (Phi) is 56.4. The van der Waals surface area contributed by atoms with Crippen molar-refractivity contribution < 1.29 is 28.6 Å². The smallest absolute Gasteiger partial charge is 0.306 e. The van der Waals surface area contributed by atoms with Crippen molar-refractivity contribution in [3.63, 3.8) is 0 Å². The quantitative estimate of drug-likeness (QED) is 0.0261. The summed E-state index contributed by atoms with van der Waals surface area (Å²) in [6, 6.07) is 0.